The maximum atomic E-state index is 10.5. The van der Waals surface area contributed by atoms with Gasteiger partial charge in [-0.2, -0.15) is 0 Å². The number of thiocarbonyl (C=S) groups is 1. The number of carbonyl (C=O) groups is 1. The fourth-order valence-corrected chi connectivity index (χ4v) is 3.68. The van der Waals surface area contributed by atoms with Crippen LogP contribution in [0.4, 0.5) is 5.69 Å². The van der Waals surface area contributed by atoms with Gasteiger partial charge in [-0.1, -0.05) is 37.8 Å². The van der Waals surface area contributed by atoms with Crippen LogP contribution in [0.2, 0.25) is 0 Å². The summed E-state index contributed by atoms with van der Waals surface area (Å²) < 4.78 is 1.71. The molecule has 0 fully saturated rings. The van der Waals surface area contributed by atoms with Gasteiger partial charge >= 0.3 is 5.97 Å². The van der Waals surface area contributed by atoms with Crippen LogP contribution in [0.25, 0.3) is 10.2 Å². The van der Waals surface area contributed by atoms with Crippen molar-refractivity contribution in [2.24, 2.45) is 0 Å². The molecule has 0 aliphatic rings. The van der Waals surface area contributed by atoms with Crippen LogP contribution in [-0.4, -0.2) is 26.1 Å². The predicted octanol–water partition coefficient (Wildman–Crippen LogP) is 4.32. The van der Waals surface area contributed by atoms with Crippen molar-refractivity contribution < 1.29 is 9.90 Å². The minimum atomic E-state index is -0.808. The van der Waals surface area contributed by atoms with Crippen LogP contribution >= 0.6 is 35.3 Å². The number of nitrogens with zero attached hydrogens (tertiary/aromatic N) is 1. The lowest BCUT2D eigenvalue weighted by molar-refractivity contribution is -0.136. The molecule has 2 N–H and O–H groups in total. The summed E-state index contributed by atoms with van der Waals surface area (Å²) in [6, 6.07) is 5.95. The van der Waals surface area contributed by atoms with Gasteiger partial charge in [-0.25, -0.2) is 4.98 Å². The molecule has 0 bridgehead atoms. The predicted molar refractivity (Wildman–Crippen MR) is 94.6 cm³/mol. The summed E-state index contributed by atoms with van der Waals surface area (Å²) >= 11 is 8.24. The van der Waals surface area contributed by atoms with E-state index in [-0.39, 0.29) is 6.42 Å². The smallest absolute Gasteiger partial charge is 0.304 e. The normalized spacial score (nSPS) is 11.0. The van der Waals surface area contributed by atoms with Crippen molar-refractivity contribution >= 4 is 61.5 Å². The van der Waals surface area contributed by atoms with Gasteiger partial charge in [-0.3, -0.25) is 4.79 Å². The first-order valence-corrected chi connectivity index (χ1v) is 8.73. The number of aromatic nitrogens is 1. The summed E-state index contributed by atoms with van der Waals surface area (Å²) in [4.78, 5) is 15.0. The molecule has 0 saturated heterocycles. The van der Waals surface area contributed by atoms with Crippen LogP contribution in [0, 0.1) is 0 Å². The minimum Gasteiger partial charge on any atom is -0.481 e. The van der Waals surface area contributed by atoms with E-state index in [1.165, 1.54) is 11.8 Å². The fourth-order valence-electron chi connectivity index (χ4n) is 1.65. The van der Waals surface area contributed by atoms with Gasteiger partial charge in [0, 0.05) is 17.4 Å². The highest BCUT2D eigenvalue weighted by Gasteiger charge is 2.08. The molecule has 4 nitrogen and oxygen atoms in total. The summed E-state index contributed by atoms with van der Waals surface area (Å²) in [6.45, 7) is 4.26. The molecule has 0 saturated carbocycles. The average molecular weight is 340 g/mol. The van der Waals surface area contributed by atoms with E-state index in [4.69, 9.17) is 17.3 Å². The van der Waals surface area contributed by atoms with Crippen molar-refractivity contribution in [2.75, 3.05) is 11.1 Å². The number of rotatable bonds is 5. The quantitative estimate of drug-likeness (QED) is 0.790. The van der Waals surface area contributed by atoms with E-state index >= 15 is 0 Å². The van der Waals surface area contributed by atoms with Gasteiger partial charge < -0.3 is 10.4 Å². The van der Waals surface area contributed by atoms with Crippen molar-refractivity contribution in [3.8, 4) is 0 Å². The Morgan fingerprint density at radius 2 is 2.29 bits per heavy atom. The lowest BCUT2D eigenvalue weighted by Crippen LogP contribution is -2.06. The van der Waals surface area contributed by atoms with Crippen LogP contribution < -0.4 is 5.32 Å². The van der Waals surface area contributed by atoms with E-state index in [0.29, 0.717) is 16.0 Å². The Bertz CT molecular complexity index is 667. The summed E-state index contributed by atoms with van der Waals surface area (Å²) in [5.41, 5.74) is 1.91. The Labute approximate surface area is 137 Å². The second kappa shape index (κ2) is 7.20. The number of carboxylic acid groups (broad SMARTS) is 1. The zero-order valence-corrected chi connectivity index (χ0v) is 14.2. The van der Waals surface area contributed by atoms with Crippen molar-refractivity contribution in [2.45, 2.75) is 26.2 Å². The monoisotopic (exact) mass is 340 g/mol. The van der Waals surface area contributed by atoms with Gasteiger partial charge in [0.1, 0.15) is 4.32 Å². The molecule has 2 aromatic rings. The number of hydrogen-bond acceptors (Lipinski definition) is 5. The number of anilines is 1. The zero-order chi connectivity index (χ0) is 15.4. The molecular formula is C14H16N2O2S3. The second-order valence-corrected chi connectivity index (χ2v) is 7.63. The van der Waals surface area contributed by atoms with Gasteiger partial charge in [-0.15, -0.1) is 11.3 Å². The molecule has 0 atom stereocenters. The average Bonchev–Trinajstić information content (AvgIpc) is 2.81. The van der Waals surface area contributed by atoms with E-state index in [0.717, 1.165) is 20.9 Å². The number of fused-ring (bicyclic) bond motifs is 1. The fraction of sp³-hybridized carbons (Fsp3) is 0.357. The summed E-state index contributed by atoms with van der Waals surface area (Å²) in [5.74, 6) is 0.0885. The van der Waals surface area contributed by atoms with Crippen LogP contribution in [0.3, 0.4) is 0 Å². The van der Waals surface area contributed by atoms with E-state index in [1.807, 2.05) is 18.2 Å². The Morgan fingerprint density at radius 1 is 1.52 bits per heavy atom. The maximum Gasteiger partial charge on any atom is 0.304 e. The summed E-state index contributed by atoms with van der Waals surface area (Å²) in [6.07, 6.45) is 0.109. The highest BCUT2D eigenvalue weighted by molar-refractivity contribution is 8.23. The second-order valence-electron chi connectivity index (χ2n) is 4.79. The molecule has 0 unspecified atom stereocenters. The number of nitrogens with one attached hydrogen (secondary N) is 1. The first kappa shape index (κ1) is 16.2. The van der Waals surface area contributed by atoms with Gasteiger partial charge in [0.25, 0.3) is 0 Å². The topological polar surface area (TPSA) is 62.2 Å². The molecule has 0 radical (unpaired) electrons. The molecular weight excluding hydrogens is 324 g/mol. The first-order chi connectivity index (χ1) is 9.95. The number of thioether (sulfide) groups is 1. The standard InChI is InChI=1S/C14H16N2O2S3/c1-8(2)13-16-10-4-3-9(7-11(10)21-13)15-14(19)20-6-5-12(17)18/h3-4,7-8H,5-6H2,1-2H3,(H,15,19)(H,17,18). The molecule has 2 rings (SSSR count). The molecule has 7 heteroatoms. The Hall–Kier alpha value is -1.18. The van der Waals surface area contributed by atoms with Gasteiger partial charge in [0.05, 0.1) is 21.6 Å². The maximum absolute atomic E-state index is 10.5. The zero-order valence-electron chi connectivity index (χ0n) is 11.8. The molecule has 0 aliphatic heterocycles. The van der Waals surface area contributed by atoms with Gasteiger partial charge in [0.15, 0.2) is 0 Å². The van der Waals surface area contributed by atoms with Gasteiger partial charge in [-0.05, 0) is 18.2 Å². The van der Waals surface area contributed by atoms with E-state index in [2.05, 4.69) is 24.1 Å². The Kier molecular flexibility index (Phi) is 5.55. The number of thiazole rings is 1. The van der Waals surface area contributed by atoms with Crippen LogP contribution in [0.5, 0.6) is 0 Å². The van der Waals surface area contributed by atoms with Crippen LogP contribution in [-0.2, 0) is 4.79 Å². The third-order valence-corrected chi connectivity index (χ3v) is 5.24. The van der Waals surface area contributed by atoms with Crippen molar-refractivity contribution in [3.63, 3.8) is 0 Å². The molecule has 1 heterocycles. The molecule has 1 aromatic heterocycles. The highest BCUT2D eigenvalue weighted by atomic mass is 32.2. The third-order valence-electron chi connectivity index (χ3n) is 2.69. The first-order valence-electron chi connectivity index (χ1n) is 6.52. The summed E-state index contributed by atoms with van der Waals surface area (Å²) in [5, 5.41) is 12.9. The number of carboxylic acids is 1. The largest absolute Gasteiger partial charge is 0.481 e. The van der Waals surface area contributed by atoms with Crippen LogP contribution in [0.1, 0.15) is 31.2 Å². The van der Waals surface area contributed by atoms with Crippen molar-refractivity contribution in [3.05, 3.63) is 23.2 Å². The highest BCUT2D eigenvalue weighted by Crippen LogP contribution is 2.29. The SMILES string of the molecule is CC(C)c1nc2ccc(NC(=S)SCCC(=O)O)cc2s1. The van der Waals surface area contributed by atoms with Gasteiger partial charge in [0.2, 0.25) is 0 Å². The van der Waals surface area contributed by atoms with Crippen molar-refractivity contribution in [1.29, 1.82) is 0 Å². The Morgan fingerprint density at radius 3 is 2.95 bits per heavy atom. The third kappa shape index (κ3) is 4.66. The van der Waals surface area contributed by atoms with Crippen molar-refractivity contribution in [1.82, 2.24) is 4.98 Å². The van der Waals surface area contributed by atoms with E-state index in [9.17, 15) is 4.79 Å². The molecule has 21 heavy (non-hydrogen) atoms. The number of hydrogen-bond donors (Lipinski definition) is 2. The molecule has 112 valence electrons. The Balaban J connectivity index is 2.02. The summed E-state index contributed by atoms with van der Waals surface area (Å²) in [7, 11) is 0. The van der Waals surface area contributed by atoms with Crippen LogP contribution in [0.15, 0.2) is 18.2 Å². The minimum absolute atomic E-state index is 0.109. The van der Waals surface area contributed by atoms with E-state index in [1.54, 1.807) is 11.3 Å². The number of benzene rings is 1. The lowest BCUT2D eigenvalue weighted by atomic mass is 10.2. The molecule has 0 aliphatic carbocycles. The molecule has 0 amide bonds. The molecule has 1 aromatic carbocycles. The molecule has 0 spiro atoms. The number of aliphatic carboxylic acids is 1. The lowest BCUT2D eigenvalue weighted by Gasteiger charge is -2.06. The van der Waals surface area contributed by atoms with E-state index < -0.39 is 5.97 Å².